The summed E-state index contributed by atoms with van der Waals surface area (Å²) in [5, 5.41) is 0. The molecule has 8 bridgehead atoms. The van der Waals surface area contributed by atoms with Crippen LogP contribution in [0.5, 0.6) is 0 Å². The molecule has 3 aliphatic heterocycles. The highest BCUT2D eigenvalue weighted by molar-refractivity contribution is 6.23. The lowest BCUT2D eigenvalue weighted by molar-refractivity contribution is 0.683. The lowest BCUT2D eigenvalue weighted by Gasteiger charge is -2.21. The molecule has 0 radical (unpaired) electrons. The van der Waals surface area contributed by atoms with Gasteiger partial charge >= 0.3 is 0 Å². The number of nitrogens with one attached hydrogen (secondary N) is 2. The van der Waals surface area contributed by atoms with E-state index < -0.39 is 0 Å². The largest absolute Gasteiger partial charge is 0.357 e. The van der Waals surface area contributed by atoms with Gasteiger partial charge in [-0.2, -0.15) is 0 Å². The third kappa shape index (κ3) is 7.79. The summed E-state index contributed by atoms with van der Waals surface area (Å²) in [6, 6.07) is 11.4. The highest BCUT2D eigenvalue weighted by Crippen LogP contribution is 2.48. The van der Waals surface area contributed by atoms with Crippen LogP contribution < -0.4 is 0 Å². The third-order valence-corrected chi connectivity index (χ3v) is 13.7. The van der Waals surface area contributed by atoms with Crippen LogP contribution in [-0.4, -0.2) is 21.4 Å². The second-order valence-corrected chi connectivity index (χ2v) is 16.9. The topological polar surface area (TPSA) is 56.3 Å². The molecule has 4 nitrogen and oxygen atoms in total. The van der Waals surface area contributed by atoms with Gasteiger partial charge in [0.25, 0.3) is 0 Å². The summed E-state index contributed by atoms with van der Waals surface area (Å²) in [5.41, 5.74) is 26.6. The lowest BCUT2D eigenvalue weighted by Crippen LogP contribution is -2.25. The molecule has 6 rings (SSSR count). The maximum Gasteiger partial charge on any atom is 0.0721 e. The number of hydrogen-bond donors (Lipinski definition) is 2. The van der Waals surface area contributed by atoms with Crippen LogP contribution in [-0.2, 0) is 25.7 Å². The predicted molar refractivity (Wildman–Crippen MR) is 252 cm³/mol. The van der Waals surface area contributed by atoms with E-state index in [-0.39, 0.29) is 11.8 Å². The number of benzene rings is 1. The Morgan fingerprint density at radius 2 is 0.862 bits per heavy atom. The summed E-state index contributed by atoms with van der Waals surface area (Å²) >= 11 is 0. The summed E-state index contributed by atoms with van der Waals surface area (Å²) in [6.45, 7) is 26.0. The van der Waals surface area contributed by atoms with Crippen LogP contribution >= 0.6 is 0 Å². The highest BCUT2D eigenvalue weighted by atomic mass is 14.9. The summed E-state index contributed by atoms with van der Waals surface area (Å²) < 4.78 is 0. The van der Waals surface area contributed by atoms with Crippen molar-refractivity contribution in [3.63, 3.8) is 0 Å². The summed E-state index contributed by atoms with van der Waals surface area (Å²) in [6.07, 6.45) is 18.0. The van der Waals surface area contributed by atoms with Crippen molar-refractivity contribution in [2.75, 3.05) is 0 Å². The second kappa shape index (κ2) is 19.9. The molecule has 3 aliphatic rings. The molecule has 2 aromatic heterocycles. The molecule has 5 heterocycles. The SMILES string of the molecule is CCCCC1=C2N=C(C(CC)=C2CC)C(CCCC)C2=NC(=C(CCCC)c3[nH]c(c(CC)c3CC)C(c3ccccc3)c3[nH]c1c(CC)c3CC)C(CC)=C2CC. The molecule has 3 aromatic rings. The van der Waals surface area contributed by atoms with Gasteiger partial charge in [0.05, 0.1) is 28.7 Å². The van der Waals surface area contributed by atoms with Crippen LogP contribution in [0.4, 0.5) is 0 Å². The molecule has 0 aliphatic carbocycles. The van der Waals surface area contributed by atoms with Gasteiger partial charge in [-0.1, -0.05) is 132 Å². The lowest BCUT2D eigenvalue weighted by atomic mass is 9.81. The second-order valence-electron chi connectivity index (χ2n) is 16.9. The van der Waals surface area contributed by atoms with E-state index in [1.807, 2.05) is 0 Å². The zero-order chi connectivity index (χ0) is 41.5. The van der Waals surface area contributed by atoms with Gasteiger partial charge in [-0.05, 0) is 134 Å². The molecule has 0 unspecified atom stereocenters. The Bertz CT molecular complexity index is 1990. The van der Waals surface area contributed by atoms with E-state index in [9.17, 15) is 0 Å². The first-order valence-electron chi connectivity index (χ1n) is 24.0. The van der Waals surface area contributed by atoms with E-state index in [4.69, 9.17) is 9.98 Å². The van der Waals surface area contributed by atoms with Gasteiger partial charge in [0, 0.05) is 39.8 Å². The molecule has 0 fully saturated rings. The number of fused-ring (bicyclic) bond motifs is 6. The van der Waals surface area contributed by atoms with Crippen LogP contribution in [0.15, 0.2) is 74.0 Å². The molecule has 1 aromatic carbocycles. The molecule has 0 saturated carbocycles. The van der Waals surface area contributed by atoms with E-state index in [1.165, 1.54) is 120 Å². The molecule has 2 N–H and O–H groups in total. The number of rotatable bonds is 18. The first-order valence-corrected chi connectivity index (χ1v) is 24.0. The Morgan fingerprint density at radius 1 is 0.448 bits per heavy atom. The minimum absolute atomic E-state index is 0.0513. The first kappa shape index (κ1) is 43.7. The minimum Gasteiger partial charge on any atom is -0.357 e. The van der Waals surface area contributed by atoms with Crippen LogP contribution in [0.2, 0.25) is 0 Å². The fourth-order valence-corrected chi connectivity index (χ4v) is 10.9. The van der Waals surface area contributed by atoms with Gasteiger partial charge < -0.3 is 9.97 Å². The zero-order valence-electron chi connectivity index (χ0n) is 38.5. The molecule has 4 heteroatoms. The first-order chi connectivity index (χ1) is 28.4. The molecule has 0 amide bonds. The minimum atomic E-state index is 0.0513. The van der Waals surface area contributed by atoms with Crippen LogP contribution in [0.25, 0.3) is 11.1 Å². The molecule has 0 saturated heterocycles. The van der Waals surface area contributed by atoms with E-state index >= 15 is 0 Å². The smallest absolute Gasteiger partial charge is 0.0721 e. The average molecular weight is 781 g/mol. The van der Waals surface area contributed by atoms with Crippen molar-refractivity contribution in [2.24, 2.45) is 15.9 Å². The number of allylic oxidation sites excluding steroid dienone is 6. The number of aromatic nitrogens is 2. The monoisotopic (exact) mass is 781 g/mol. The fourth-order valence-electron chi connectivity index (χ4n) is 10.9. The number of H-pyrrole nitrogens is 2. The Balaban J connectivity index is 1.88. The number of nitrogens with zero attached hydrogens (tertiary/aromatic N) is 2. The van der Waals surface area contributed by atoms with E-state index in [0.717, 1.165) is 96.3 Å². The highest BCUT2D eigenvalue weighted by Gasteiger charge is 2.38. The van der Waals surface area contributed by atoms with Crippen molar-refractivity contribution in [3.05, 3.63) is 115 Å². The molecule has 58 heavy (non-hydrogen) atoms. The zero-order valence-corrected chi connectivity index (χ0v) is 38.5. The van der Waals surface area contributed by atoms with Gasteiger partial charge in [-0.15, -0.1) is 0 Å². The van der Waals surface area contributed by atoms with E-state index in [0.29, 0.717) is 0 Å². The van der Waals surface area contributed by atoms with Gasteiger partial charge in [0.1, 0.15) is 0 Å². The Kier molecular flexibility index (Phi) is 15.0. The van der Waals surface area contributed by atoms with Crippen LogP contribution in [0.3, 0.4) is 0 Å². The summed E-state index contributed by atoms with van der Waals surface area (Å²) in [5.74, 6) is 0.237. The maximum atomic E-state index is 5.98. The Hall–Kier alpha value is -3.92. The van der Waals surface area contributed by atoms with Gasteiger partial charge in [-0.25, -0.2) is 0 Å². The van der Waals surface area contributed by atoms with Gasteiger partial charge in [-0.3, -0.25) is 9.98 Å². The quantitative estimate of drug-likeness (QED) is 0.129. The Labute approximate surface area is 353 Å². The van der Waals surface area contributed by atoms with Crippen molar-refractivity contribution in [2.45, 2.75) is 191 Å². The van der Waals surface area contributed by atoms with Crippen molar-refractivity contribution >= 4 is 22.6 Å². The average Bonchev–Trinajstić information content (AvgIpc) is 4.01. The predicted octanol–water partition coefficient (Wildman–Crippen LogP) is 15.5. The van der Waals surface area contributed by atoms with Crippen molar-refractivity contribution in [1.29, 1.82) is 0 Å². The summed E-state index contributed by atoms with van der Waals surface area (Å²) in [7, 11) is 0. The molecule has 0 spiro atoms. The maximum absolute atomic E-state index is 5.98. The number of unbranched alkanes of at least 4 members (excludes halogenated alkanes) is 3. The standard InChI is InChI=1S/C54H76N4/c1-12-23-31-43-47-35(15-4)37(17-6)49(55-47)44(32-24-13-2)51-39(19-8)41(21-10)53(57-51)46(34-29-27-26-28-30-34)54-42(22-11)40(20-9)52(58-54)45(33-25-14-3)50-38(18-7)36(16-5)48(43)56-50/h26-30,43,46,57-58H,12-25,31-33H2,1-11H3. The van der Waals surface area contributed by atoms with Gasteiger partial charge in [0.15, 0.2) is 0 Å². The normalized spacial score (nSPS) is 18.3. The van der Waals surface area contributed by atoms with Gasteiger partial charge in [0.2, 0.25) is 0 Å². The third-order valence-electron chi connectivity index (χ3n) is 13.7. The van der Waals surface area contributed by atoms with Crippen LogP contribution in [0, 0.1) is 5.92 Å². The Morgan fingerprint density at radius 3 is 1.22 bits per heavy atom. The molecular formula is C54H76N4. The molecule has 0 atom stereocenters. The van der Waals surface area contributed by atoms with Crippen molar-refractivity contribution in [3.8, 4) is 0 Å². The van der Waals surface area contributed by atoms with Crippen LogP contribution in [0.1, 0.15) is 216 Å². The molecule has 312 valence electrons. The number of aromatic amines is 2. The van der Waals surface area contributed by atoms with E-state index in [2.05, 4.69) is 116 Å². The van der Waals surface area contributed by atoms with Crippen molar-refractivity contribution in [1.82, 2.24) is 9.97 Å². The fraction of sp³-hybridized carbons (Fsp3) is 0.556. The van der Waals surface area contributed by atoms with Crippen molar-refractivity contribution < 1.29 is 0 Å². The van der Waals surface area contributed by atoms with E-state index in [1.54, 1.807) is 0 Å². The molecular weight excluding hydrogens is 705 g/mol. The summed E-state index contributed by atoms with van der Waals surface area (Å²) in [4.78, 5) is 20.6. The number of aliphatic imine (C=N–C) groups is 2. The number of hydrogen-bond acceptors (Lipinski definition) is 2.